The van der Waals surface area contributed by atoms with Gasteiger partial charge in [0, 0.05) is 55.4 Å². The van der Waals surface area contributed by atoms with E-state index in [0.717, 1.165) is 82.9 Å². The molecule has 374 valence electrons. The van der Waals surface area contributed by atoms with E-state index in [1.54, 1.807) is 71.4 Å². The number of benzene rings is 2. The third kappa shape index (κ3) is 19.2. The Labute approximate surface area is 409 Å². The fourth-order valence-electron chi connectivity index (χ4n) is 7.37. The lowest BCUT2D eigenvalue weighted by Crippen LogP contribution is -2.50. The normalized spacial score (nSPS) is 17.7. The van der Waals surface area contributed by atoms with E-state index >= 15 is 0 Å². The summed E-state index contributed by atoms with van der Waals surface area (Å²) in [4.78, 5) is 44.4. The molecule has 4 aromatic rings. The standard InChI is InChI=1S/C30H41FN6O3.C21H26FN5.2CH4/c1-7-16-32-26-22(19-33-28(36-26)35-25-13-9-11-23(31)18-25)15-14-21-10-8-12-24(17-21)34-27(38)20(2)37(6)29(39)40-30(3,4)5;1-2-11-24-20-16(10-9-15-5-3-7-18(23)12-15)14-25-21(27-20)26-19-8-4-6-17(22)13-19;;/h9,11,13,18-21,24H,7-8,10,12,16-17H2,1-6H3,(H,34,38)(H2,32,33,35,36);4,6,8,13-15,18H,2-3,5,7,11-12,23H2,1H3,(H2,24,25,26,27);2*1H4/t20-,21-,24-;15-,18-;;/m00../s1. The van der Waals surface area contributed by atoms with Crippen molar-refractivity contribution in [2.75, 3.05) is 41.4 Å². The number of amides is 2. The average Bonchev–Trinajstić information content (AvgIpc) is 3.29. The van der Waals surface area contributed by atoms with E-state index in [-0.39, 0.29) is 50.4 Å². The number of hydrogen-bond donors (Lipinski definition) is 6. The average molecular weight is 952 g/mol. The zero-order valence-electron chi connectivity index (χ0n) is 39.9. The monoisotopic (exact) mass is 952 g/mol. The molecule has 2 amide bonds. The Morgan fingerprint density at radius 1 is 0.797 bits per heavy atom. The van der Waals surface area contributed by atoms with Crippen LogP contribution in [0.25, 0.3) is 0 Å². The first-order valence-electron chi connectivity index (χ1n) is 23.4. The molecule has 0 aliphatic heterocycles. The number of rotatable bonds is 13. The Bertz CT molecular complexity index is 2390. The molecular weight excluding hydrogens is 877 g/mol. The molecule has 0 bridgehead atoms. The molecule has 7 N–H and O–H groups in total. The van der Waals surface area contributed by atoms with E-state index < -0.39 is 17.7 Å². The molecular formula is C53H75F2N11O3. The van der Waals surface area contributed by atoms with E-state index in [4.69, 9.17) is 10.5 Å². The zero-order valence-corrected chi connectivity index (χ0v) is 39.9. The Balaban J connectivity index is 0.000000380. The molecule has 2 fully saturated rings. The fourth-order valence-corrected chi connectivity index (χ4v) is 7.37. The lowest BCUT2D eigenvalue weighted by atomic mass is 9.86. The van der Waals surface area contributed by atoms with Crippen LogP contribution in [-0.4, -0.2) is 80.7 Å². The minimum absolute atomic E-state index is 0. The SMILES string of the molecule is C.C.CCCNc1nc(Nc2cccc(F)c2)ncc1C#C[C@@H]1CCC[C@H](N)C1.CCCNc1nc(Nc2cccc(F)c2)ncc1C#C[C@@H]1CCC[C@H](NC(=O)[C@H](C)N(C)C(=O)OC(C)(C)C)C1. The first-order valence-corrected chi connectivity index (χ1v) is 23.4. The maximum atomic E-state index is 13.6. The molecule has 2 aromatic heterocycles. The fraction of sp³-hybridized carbons (Fsp3) is 0.509. The summed E-state index contributed by atoms with van der Waals surface area (Å²) in [5.41, 5.74) is 8.03. The van der Waals surface area contributed by atoms with Crippen molar-refractivity contribution in [2.45, 2.75) is 144 Å². The minimum Gasteiger partial charge on any atom is -0.444 e. The van der Waals surface area contributed by atoms with Crippen molar-refractivity contribution in [3.05, 3.63) is 83.7 Å². The van der Waals surface area contributed by atoms with Crippen LogP contribution in [-0.2, 0) is 9.53 Å². The van der Waals surface area contributed by atoms with Gasteiger partial charge in [0.2, 0.25) is 17.8 Å². The second kappa shape index (κ2) is 28.1. The van der Waals surface area contributed by atoms with Gasteiger partial charge in [0.25, 0.3) is 0 Å². The molecule has 0 spiro atoms. The number of nitrogens with two attached hydrogens (primary N) is 1. The summed E-state index contributed by atoms with van der Waals surface area (Å²) in [6.45, 7) is 12.7. The quantitative estimate of drug-likeness (QED) is 0.0698. The Kier molecular flexibility index (Phi) is 23.1. The summed E-state index contributed by atoms with van der Waals surface area (Å²) in [5.74, 6) is 14.8. The molecule has 2 saturated carbocycles. The van der Waals surface area contributed by atoms with Gasteiger partial charge in [-0.05, 0) is 115 Å². The number of nitrogens with zero attached hydrogens (tertiary/aromatic N) is 5. The van der Waals surface area contributed by atoms with E-state index in [1.165, 1.54) is 29.2 Å². The van der Waals surface area contributed by atoms with Crippen molar-refractivity contribution < 1.29 is 23.1 Å². The lowest BCUT2D eigenvalue weighted by Gasteiger charge is -2.31. The van der Waals surface area contributed by atoms with Gasteiger partial charge in [0.15, 0.2) is 0 Å². The Morgan fingerprint density at radius 2 is 1.29 bits per heavy atom. The molecule has 16 heteroatoms. The van der Waals surface area contributed by atoms with Crippen molar-refractivity contribution >= 4 is 46.9 Å². The molecule has 6 rings (SSSR count). The molecule has 2 aliphatic rings. The summed E-state index contributed by atoms with van der Waals surface area (Å²) in [6, 6.07) is 11.9. The van der Waals surface area contributed by atoms with Crippen molar-refractivity contribution in [1.29, 1.82) is 0 Å². The number of likely N-dealkylation sites (N-methyl/N-ethyl adjacent to an activating group) is 1. The van der Waals surface area contributed by atoms with Crippen molar-refractivity contribution in [3.63, 3.8) is 0 Å². The van der Waals surface area contributed by atoms with Crippen LogP contribution in [0.1, 0.15) is 132 Å². The summed E-state index contributed by atoms with van der Waals surface area (Å²) in [6.07, 6.45) is 12.4. The predicted molar refractivity (Wildman–Crippen MR) is 275 cm³/mol. The Morgan fingerprint density at radius 3 is 1.75 bits per heavy atom. The highest BCUT2D eigenvalue weighted by molar-refractivity contribution is 5.85. The number of hydrogen-bond acceptors (Lipinski definition) is 12. The number of halogens is 2. The molecule has 0 radical (unpaired) electrons. The number of aromatic nitrogens is 4. The zero-order chi connectivity index (χ0) is 48.3. The van der Waals surface area contributed by atoms with Crippen molar-refractivity contribution in [2.24, 2.45) is 17.6 Å². The predicted octanol–water partition coefficient (Wildman–Crippen LogP) is 10.8. The van der Waals surface area contributed by atoms with Crippen LogP contribution in [0.3, 0.4) is 0 Å². The summed E-state index contributed by atoms with van der Waals surface area (Å²) >= 11 is 0. The first-order chi connectivity index (χ1) is 32.1. The highest BCUT2D eigenvalue weighted by Gasteiger charge is 2.30. The number of anilines is 6. The van der Waals surface area contributed by atoms with E-state index in [9.17, 15) is 18.4 Å². The van der Waals surface area contributed by atoms with Gasteiger partial charge in [-0.25, -0.2) is 23.5 Å². The lowest BCUT2D eigenvalue weighted by molar-refractivity contribution is -0.126. The summed E-state index contributed by atoms with van der Waals surface area (Å²) < 4.78 is 32.3. The van der Waals surface area contributed by atoms with Crippen molar-refractivity contribution in [3.8, 4) is 23.7 Å². The van der Waals surface area contributed by atoms with E-state index in [2.05, 4.69) is 84.0 Å². The molecule has 0 saturated heterocycles. The number of nitrogens with one attached hydrogen (secondary N) is 5. The van der Waals surface area contributed by atoms with Crippen LogP contribution >= 0.6 is 0 Å². The molecule has 2 heterocycles. The van der Waals surface area contributed by atoms with Gasteiger partial charge in [-0.3, -0.25) is 9.69 Å². The second-order valence-electron chi connectivity index (χ2n) is 18.0. The smallest absolute Gasteiger partial charge is 0.410 e. The molecule has 2 aliphatic carbocycles. The van der Waals surface area contributed by atoms with Gasteiger partial charge < -0.3 is 37.1 Å². The number of carbonyl (C=O) groups is 2. The number of ether oxygens (including phenoxy) is 1. The van der Waals surface area contributed by atoms with Gasteiger partial charge >= 0.3 is 6.09 Å². The topological polar surface area (TPSA) is 184 Å². The van der Waals surface area contributed by atoms with Crippen molar-refractivity contribution in [1.82, 2.24) is 30.2 Å². The first kappa shape index (κ1) is 56.8. The van der Waals surface area contributed by atoms with Gasteiger partial charge in [0.05, 0.1) is 23.5 Å². The van der Waals surface area contributed by atoms with Gasteiger partial charge in [-0.1, -0.05) is 77.4 Å². The highest BCUT2D eigenvalue weighted by atomic mass is 19.1. The van der Waals surface area contributed by atoms with Gasteiger partial charge in [0.1, 0.15) is 34.9 Å². The largest absolute Gasteiger partial charge is 0.444 e. The van der Waals surface area contributed by atoms with E-state index in [1.807, 2.05) is 0 Å². The van der Waals surface area contributed by atoms with Crippen LogP contribution in [0.5, 0.6) is 0 Å². The maximum absolute atomic E-state index is 13.6. The van der Waals surface area contributed by atoms with Crippen LogP contribution in [0.2, 0.25) is 0 Å². The summed E-state index contributed by atoms with van der Waals surface area (Å²) in [7, 11) is 1.57. The van der Waals surface area contributed by atoms with Crippen LogP contribution in [0, 0.1) is 47.2 Å². The molecule has 14 nitrogen and oxygen atoms in total. The number of carbonyl (C=O) groups excluding carboxylic acids is 2. The second-order valence-corrected chi connectivity index (χ2v) is 18.0. The van der Waals surface area contributed by atoms with Crippen LogP contribution in [0.4, 0.5) is 48.5 Å². The van der Waals surface area contributed by atoms with Gasteiger partial charge in [-0.2, -0.15) is 9.97 Å². The molecule has 0 unspecified atom stereocenters. The highest BCUT2D eigenvalue weighted by Crippen LogP contribution is 2.26. The minimum atomic E-state index is -0.662. The van der Waals surface area contributed by atoms with Crippen LogP contribution < -0.4 is 32.3 Å². The molecule has 5 atom stereocenters. The third-order valence-electron chi connectivity index (χ3n) is 11.0. The third-order valence-corrected chi connectivity index (χ3v) is 11.0. The summed E-state index contributed by atoms with van der Waals surface area (Å²) in [5, 5.41) is 15.8. The van der Waals surface area contributed by atoms with Gasteiger partial charge in [-0.15, -0.1) is 0 Å². The van der Waals surface area contributed by atoms with E-state index in [0.29, 0.717) is 46.4 Å². The molecule has 2 aromatic carbocycles. The molecule has 69 heavy (non-hydrogen) atoms. The Hall–Kier alpha value is -6.52. The van der Waals surface area contributed by atoms with Crippen LogP contribution in [0.15, 0.2) is 60.9 Å². The maximum Gasteiger partial charge on any atom is 0.410 e.